The number of rotatable bonds is 5. The van der Waals surface area contributed by atoms with E-state index in [-0.39, 0.29) is 0 Å². The molecule has 0 aliphatic heterocycles. The van der Waals surface area contributed by atoms with Crippen LogP contribution in [0.15, 0.2) is 30.9 Å². The van der Waals surface area contributed by atoms with Crippen molar-refractivity contribution in [1.82, 2.24) is 19.4 Å². The van der Waals surface area contributed by atoms with Crippen molar-refractivity contribution in [2.75, 3.05) is 26.4 Å². The van der Waals surface area contributed by atoms with E-state index < -0.39 is 0 Å². The molecule has 3 aromatic heterocycles. The summed E-state index contributed by atoms with van der Waals surface area (Å²) in [5, 5.41) is 1.05. The zero-order valence-electron chi connectivity index (χ0n) is 14.8. The van der Waals surface area contributed by atoms with Crippen molar-refractivity contribution >= 4 is 16.9 Å². The number of pyridine rings is 1. The van der Waals surface area contributed by atoms with Crippen LogP contribution < -0.4 is 10.3 Å². The molecule has 6 nitrogen and oxygen atoms in total. The van der Waals surface area contributed by atoms with E-state index in [4.69, 9.17) is 10.7 Å². The van der Waals surface area contributed by atoms with Gasteiger partial charge in [-0.1, -0.05) is 11.1 Å². The first-order valence-corrected chi connectivity index (χ1v) is 8.16. The van der Waals surface area contributed by atoms with Gasteiger partial charge in [0.25, 0.3) is 0 Å². The van der Waals surface area contributed by atoms with E-state index in [2.05, 4.69) is 48.5 Å². The fourth-order valence-corrected chi connectivity index (χ4v) is 2.97. The lowest BCUT2D eigenvalue weighted by Crippen LogP contribution is -2.41. The van der Waals surface area contributed by atoms with Gasteiger partial charge < -0.3 is 15.2 Å². The van der Waals surface area contributed by atoms with E-state index >= 15 is 0 Å². The Kier molecular flexibility index (Phi) is 4.49. The van der Waals surface area contributed by atoms with E-state index in [1.165, 1.54) is 11.3 Å². The van der Waals surface area contributed by atoms with Gasteiger partial charge >= 0.3 is 0 Å². The summed E-state index contributed by atoms with van der Waals surface area (Å²) in [5.74, 6) is 0.785. The molecule has 0 unspecified atom stereocenters. The number of nitrogens with zero attached hydrogens (tertiary/aromatic N) is 5. The molecule has 0 aliphatic rings. The number of fused-ring (bicyclic) bond motifs is 1. The summed E-state index contributed by atoms with van der Waals surface area (Å²) < 4.78 is 4.25. The lowest BCUT2D eigenvalue weighted by atomic mass is 10.2. The smallest absolute Gasteiger partial charge is 0.232 e. The summed E-state index contributed by atoms with van der Waals surface area (Å²) in [6, 6.07) is 4.04. The number of anilines is 1. The third kappa shape index (κ3) is 2.97. The first-order valence-electron chi connectivity index (χ1n) is 8.16. The van der Waals surface area contributed by atoms with Crippen molar-refractivity contribution in [3.8, 4) is 0 Å². The van der Waals surface area contributed by atoms with Crippen LogP contribution in [0.4, 0.5) is 5.82 Å². The molecule has 0 atom stereocenters. The van der Waals surface area contributed by atoms with Crippen LogP contribution in [0.2, 0.25) is 0 Å². The summed E-state index contributed by atoms with van der Waals surface area (Å²) in [7, 11) is 4.12. The highest BCUT2D eigenvalue weighted by Gasteiger charge is 2.21. The molecule has 0 aromatic carbocycles. The second kappa shape index (κ2) is 6.57. The van der Waals surface area contributed by atoms with Gasteiger partial charge in [-0.15, -0.1) is 0 Å². The van der Waals surface area contributed by atoms with Crippen LogP contribution in [-0.4, -0.2) is 40.1 Å². The summed E-state index contributed by atoms with van der Waals surface area (Å²) >= 11 is 0. The molecule has 126 valence electrons. The number of nitrogens with two attached hydrogens (primary N) is 1. The third-order valence-corrected chi connectivity index (χ3v) is 4.54. The number of hydrogen-bond acceptors (Lipinski definition) is 4. The molecule has 0 saturated heterocycles. The normalized spacial score (nSPS) is 11.5. The number of aryl methyl sites for hydroxylation is 1. The Balaban J connectivity index is 2.06. The second-order valence-electron chi connectivity index (χ2n) is 6.48. The Bertz CT molecular complexity index is 851. The lowest BCUT2D eigenvalue weighted by Gasteiger charge is -2.10. The van der Waals surface area contributed by atoms with Gasteiger partial charge in [-0.3, -0.25) is 4.98 Å². The summed E-state index contributed by atoms with van der Waals surface area (Å²) in [4.78, 5) is 11.0. The van der Waals surface area contributed by atoms with E-state index in [1.807, 2.05) is 23.2 Å². The topological polar surface area (TPSA) is 63.9 Å². The van der Waals surface area contributed by atoms with Gasteiger partial charge in [-0.2, -0.15) is 0 Å². The van der Waals surface area contributed by atoms with Gasteiger partial charge in [-0.25, -0.2) is 4.57 Å². The first-order chi connectivity index (χ1) is 11.5. The first kappa shape index (κ1) is 16.4. The Morgan fingerprint density at radius 2 is 2.08 bits per heavy atom. The quantitative estimate of drug-likeness (QED) is 0.723. The SMILES string of the molecule is Cc1c(C)n(Cc2cccnc2)c2nc[n+](CCN(C)C)c(N)c12. The molecule has 3 aromatic rings. The van der Waals surface area contributed by atoms with Crippen molar-refractivity contribution in [1.29, 1.82) is 0 Å². The molecule has 0 fully saturated rings. The van der Waals surface area contributed by atoms with Gasteiger partial charge in [-0.05, 0) is 45.1 Å². The molecule has 2 N–H and O–H groups in total. The largest absolute Gasteiger partial charge is 0.318 e. The highest BCUT2D eigenvalue weighted by atomic mass is 15.2. The Morgan fingerprint density at radius 1 is 1.29 bits per heavy atom. The number of nitrogen functional groups attached to an aromatic ring is 1. The van der Waals surface area contributed by atoms with Gasteiger partial charge in [0.1, 0.15) is 5.39 Å². The molecule has 0 bridgehead atoms. The van der Waals surface area contributed by atoms with Crippen molar-refractivity contribution in [3.05, 3.63) is 47.7 Å². The Labute approximate surface area is 142 Å². The Hall–Kier alpha value is -2.47. The van der Waals surface area contributed by atoms with Crippen LogP contribution in [-0.2, 0) is 13.1 Å². The predicted octanol–water partition coefficient (Wildman–Crippen LogP) is 1.53. The maximum Gasteiger partial charge on any atom is 0.232 e. The van der Waals surface area contributed by atoms with Crippen LogP contribution >= 0.6 is 0 Å². The molecule has 0 radical (unpaired) electrons. The van der Waals surface area contributed by atoms with Crippen LogP contribution in [0.25, 0.3) is 11.0 Å². The minimum absolute atomic E-state index is 0.748. The molecule has 3 rings (SSSR count). The van der Waals surface area contributed by atoms with Crippen molar-refractivity contribution < 1.29 is 4.57 Å². The minimum Gasteiger partial charge on any atom is -0.318 e. The number of likely N-dealkylation sites (N-methyl/N-ethyl adjacent to an activating group) is 1. The van der Waals surface area contributed by atoms with Gasteiger partial charge in [0.05, 0.1) is 13.1 Å². The van der Waals surface area contributed by atoms with E-state index in [9.17, 15) is 0 Å². The summed E-state index contributed by atoms with van der Waals surface area (Å²) in [5.41, 5.74) is 10.9. The van der Waals surface area contributed by atoms with Crippen LogP contribution in [0.1, 0.15) is 16.8 Å². The fraction of sp³-hybridized carbons (Fsp3) is 0.389. The molecule has 24 heavy (non-hydrogen) atoms. The van der Waals surface area contributed by atoms with Gasteiger partial charge in [0.15, 0.2) is 0 Å². The minimum atomic E-state index is 0.748. The molecule has 0 amide bonds. The molecule has 0 saturated carbocycles. The number of hydrogen-bond donors (Lipinski definition) is 1. The molecule has 3 heterocycles. The third-order valence-electron chi connectivity index (χ3n) is 4.54. The number of aromatic nitrogens is 4. The average Bonchev–Trinajstić information content (AvgIpc) is 2.80. The summed E-state index contributed by atoms with van der Waals surface area (Å²) in [6.45, 7) is 6.74. The van der Waals surface area contributed by atoms with Crippen LogP contribution in [0.3, 0.4) is 0 Å². The fourth-order valence-electron chi connectivity index (χ4n) is 2.97. The average molecular weight is 325 g/mol. The standard InChI is InChI=1S/C18H24N6/c1-13-14(2)24(11-15-6-5-7-20-10-15)18-16(13)17(19)23(12-21-18)9-8-22(3)4/h5-7,10,12,19H,8-9,11H2,1-4H3/p+1. The van der Waals surface area contributed by atoms with Crippen molar-refractivity contribution in [2.45, 2.75) is 26.9 Å². The zero-order chi connectivity index (χ0) is 17.3. The van der Waals surface area contributed by atoms with Crippen LogP contribution in [0, 0.1) is 13.8 Å². The maximum absolute atomic E-state index is 6.46. The van der Waals surface area contributed by atoms with E-state index in [1.54, 1.807) is 6.20 Å². The predicted molar refractivity (Wildman–Crippen MR) is 95.7 cm³/mol. The van der Waals surface area contributed by atoms with Gasteiger partial charge in [0.2, 0.25) is 17.8 Å². The molecular formula is C18H25N6+. The maximum atomic E-state index is 6.46. The Morgan fingerprint density at radius 3 is 2.75 bits per heavy atom. The monoisotopic (exact) mass is 325 g/mol. The van der Waals surface area contributed by atoms with Crippen molar-refractivity contribution in [3.63, 3.8) is 0 Å². The highest BCUT2D eigenvalue weighted by molar-refractivity contribution is 5.89. The van der Waals surface area contributed by atoms with Gasteiger partial charge in [0, 0.05) is 24.6 Å². The highest BCUT2D eigenvalue weighted by Crippen LogP contribution is 2.27. The second-order valence-corrected chi connectivity index (χ2v) is 6.48. The van der Waals surface area contributed by atoms with E-state index in [0.29, 0.717) is 0 Å². The lowest BCUT2D eigenvalue weighted by molar-refractivity contribution is -0.683. The molecule has 0 aliphatic carbocycles. The van der Waals surface area contributed by atoms with Crippen LogP contribution in [0.5, 0.6) is 0 Å². The molecular weight excluding hydrogens is 300 g/mol. The molecule has 0 spiro atoms. The van der Waals surface area contributed by atoms with Crippen molar-refractivity contribution in [2.24, 2.45) is 0 Å². The summed E-state index contributed by atoms with van der Waals surface area (Å²) in [6.07, 6.45) is 5.53. The molecule has 6 heteroatoms. The zero-order valence-corrected chi connectivity index (χ0v) is 14.8. The van der Waals surface area contributed by atoms with E-state index in [0.717, 1.165) is 42.0 Å².